The fraction of sp³-hybridized carbons (Fsp3) is 0.800. The Morgan fingerprint density at radius 1 is 1.62 bits per heavy atom. The third-order valence-electron chi connectivity index (χ3n) is 0.564. The highest BCUT2D eigenvalue weighted by molar-refractivity contribution is 4.38. The Morgan fingerprint density at radius 3 is 2.62 bits per heavy atom. The molecule has 0 bridgehead atoms. The molecule has 49 valence electrons. The Morgan fingerprint density at radius 2 is 2.25 bits per heavy atom. The molecule has 0 aromatic heterocycles. The zero-order valence-electron chi connectivity index (χ0n) is 4.57. The van der Waals surface area contributed by atoms with E-state index in [9.17, 15) is 8.78 Å². The van der Waals surface area contributed by atoms with Crippen molar-refractivity contribution in [2.45, 2.75) is 12.8 Å². The summed E-state index contributed by atoms with van der Waals surface area (Å²) in [6.45, 7) is 2.49. The average Bonchev–Trinajstić information content (AvgIpc) is 1.83. The summed E-state index contributed by atoms with van der Waals surface area (Å²) in [5.74, 6) is 0. The van der Waals surface area contributed by atoms with Crippen LogP contribution < -0.4 is 0 Å². The minimum atomic E-state index is -1.75. The van der Waals surface area contributed by atoms with Crippen LogP contribution in [0.15, 0.2) is 0 Å². The first kappa shape index (κ1) is 7.82. The number of hydrogen-bond acceptors (Lipinski definition) is 1. The normalized spacial score (nSPS) is 13.9. The summed E-state index contributed by atoms with van der Waals surface area (Å²) in [5, 5.41) is 0. The minimum absolute atomic E-state index is 0.186. The lowest BCUT2D eigenvalue weighted by atomic mass is 10.5. The third kappa shape index (κ3) is 3.99. The number of ether oxygens (including phenoxy) is 1. The monoisotopic (exact) mass is 123 g/mol. The van der Waals surface area contributed by atoms with Gasteiger partial charge in [-0.3, -0.25) is 0 Å². The lowest BCUT2D eigenvalue weighted by Crippen LogP contribution is -2.08. The van der Waals surface area contributed by atoms with Crippen LogP contribution in [0.25, 0.3) is 0 Å². The van der Waals surface area contributed by atoms with Crippen LogP contribution in [0.4, 0.5) is 8.78 Å². The van der Waals surface area contributed by atoms with Crippen LogP contribution in [-0.4, -0.2) is 19.6 Å². The van der Waals surface area contributed by atoms with E-state index in [1.165, 1.54) is 0 Å². The van der Waals surface area contributed by atoms with Crippen molar-refractivity contribution in [3.8, 4) is 0 Å². The van der Waals surface area contributed by atoms with Gasteiger partial charge in [-0.15, -0.1) is 0 Å². The maximum absolute atomic E-state index is 11.7. The lowest BCUT2D eigenvalue weighted by Gasteiger charge is -2.01. The van der Waals surface area contributed by atoms with Gasteiger partial charge < -0.3 is 4.74 Å². The predicted molar refractivity (Wildman–Crippen MR) is 26.8 cm³/mol. The fourth-order valence-electron chi connectivity index (χ4n) is 0.256. The van der Waals surface area contributed by atoms with Gasteiger partial charge in [0.05, 0.1) is 6.61 Å². The molecule has 0 saturated heterocycles. The predicted octanol–water partition coefficient (Wildman–Crippen LogP) is 1.49. The van der Waals surface area contributed by atoms with Gasteiger partial charge in [-0.25, -0.2) is 8.78 Å². The largest absolute Gasteiger partial charge is 0.346 e. The van der Waals surface area contributed by atoms with Gasteiger partial charge in [0, 0.05) is 0 Å². The van der Waals surface area contributed by atoms with Crippen LogP contribution in [0.3, 0.4) is 0 Å². The van der Waals surface area contributed by atoms with E-state index in [4.69, 9.17) is 0 Å². The Bertz CT molecular complexity index is 49.7. The molecule has 0 N–H and O–H groups in total. The SMILES string of the molecule is [CH2]CCOC(F)CF. The van der Waals surface area contributed by atoms with Crippen LogP contribution in [0.5, 0.6) is 0 Å². The summed E-state index contributed by atoms with van der Waals surface area (Å²) < 4.78 is 27.1. The number of halogens is 2. The van der Waals surface area contributed by atoms with Gasteiger partial charge in [0.15, 0.2) is 0 Å². The van der Waals surface area contributed by atoms with Crippen LogP contribution in [0.2, 0.25) is 0 Å². The van der Waals surface area contributed by atoms with Crippen molar-refractivity contribution < 1.29 is 13.5 Å². The fourth-order valence-corrected chi connectivity index (χ4v) is 0.256. The first-order valence-electron chi connectivity index (χ1n) is 2.42. The summed E-state index contributed by atoms with van der Waals surface area (Å²) in [6, 6.07) is 0. The molecule has 0 heterocycles. The molecule has 0 spiro atoms. The molecule has 8 heavy (non-hydrogen) atoms. The number of alkyl halides is 2. The Labute approximate surface area is 47.6 Å². The average molecular weight is 123 g/mol. The second kappa shape index (κ2) is 4.97. The Balaban J connectivity index is 2.86. The maximum Gasteiger partial charge on any atom is 0.227 e. The van der Waals surface area contributed by atoms with Crippen LogP contribution >= 0.6 is 0 Å². The summed E-state index contributed by atoms with van der Waals surface area (Å²) in [7, 11) is 0. The van der Waals surface area contributed by atoms with E-state index in [1.54, 1.807) is 0 Å². The molecule has 0 saturated carbocycles. The van der Waals surface area contributed by atoms with Crippen molar-refractivity contribution in [2.75, 3.05) is 13.3 Å². The van der Waals surface area contributed by atoms with E-state index >= 15 is 0 Å². The second-order valence-corrected chi connectivity index (χ2v) is 1.29. The number of rotatable bonds is 4. The van der Waals surface area contributed by atoms with Crippen molar-refractivity contribution >= 4 is 0 Å². The van der Waals surface area contributed by atoms with Gasteiger partial charge in [0.2, 0.25) is 6.36 Å². The molecular formula is C5H9F2O. The zero-order chi connectivity index (χ0) is 6.41. The standard InChI is InChI=1S/C5H9F2O/c1-2-3-8-5(7)4-6/h5H,1-4H2. The van der Waals surface area contributed by atoms with E-state index in [-0.39, 0.29) is 6.61 Å². The van der Waals surface area contributed by atoms with E-state index in [0.717, 1.165) is 0 Å². The molecule has 3 heteroatoms. The Kier molecular flexibility index (Phi) is 4.85. The topological polar surface area (TPSA) is 9.23 Å². The summed E-state index contributed by atoms with van der Waals surface area (Å²) in [5.41, 5.74) is 0. The number of hydrogen-bond donors (Lipinski definition) is 0. The highest BCUT2D eigenvalue weighted by Gasteiger charge is 2.01. The summed E-state index contributed by atoms with van der Waals surface area (Å²) in [4.78, 5) is 0. The molecule has 0 aliphatic carbocycles. The molecule has 1 unspecified atom stereocenters. The molecule has 0 aliphatic heterocycles. The first-order valence-corrected chi connectivity index (χ1v) is 2.42. The van der Waals surface area contributed by atoms with Gasteiger partial charge >= 0.3 is 0 Å². The van der Waals surface area contributed by atoms with Crippen molar-refractivity contribution in [2.24, 2.45) is 0 Å². The van der Waals surface area contributed by atoms with Crippen LogP contribution in [-0.2, 0) is 4.74 Å². The third-order valence-corrected chi connectivity index (χ3v) is 0.564. The van der Waals surface area contributed by atoms with Crippen molar-refractivity contribution in [3.63, 3.8) is 0 Å². The van der Waals surface area contributed by atoms with Crippen LogP contribution in [0.1, 0.15) is 6.42 Å². The van der Waals surface area contributed by atoms with Gasteiger partial charge in [-0.2, -0.15) is 0 Å². The molecule has 0 amide bonds. The van der Waals surface area contributed by atoms with Crippen molar-refractivity contribution in [1.29, 1.82) is 0 Å². The summed E-state index contributed by atoms with van der Waals surface area (Å²) >= 11 is 0. The molecular weight excluding hydrogens is 114 g/mol. The smallest absolute Gasteiger partial charge is 0.227 e. The molecule has 1 nitrogen and oxygen atoms in total. The first-order chi connectivity index (χ1) is 3.81. The van der Waals surface area contributed by atoms with Crippen LogP contribution in [0, 0.1) is 6.92 Å². The zero-order valence-corrected chi connectivity index (χ0v) is 4.57. The van der Waals surface area contributed by atoms with Gasteiger partial charge in [0.25, 0.3) is 0 Å². The highest BCUT2D eigenvalue weighted by Crippen LogP contribution is 1.94. The minimum Gasteiger partial charge on any atom is -0.346 e. The van der Waals surface area contributed by atoms with E-state index < -0.39 is 13.0 Å². The Hall–Kier alpha value is -0.180. The van der Waals surface area contributed by atoms with E-state index in [0.29, 0.717) is 6.42 Å². The molecule has 0 aromatic carbocycles. The molecule has 0 aromatic rings. The van der Waals surface area contributed by atoms with E-state index in [2.05, 4.69) is 11.7 Å². The lowest BCUT2D eigenvalue weighted by molar-refractivity contribution is -0.0501. The molecule has 0 fully saturated rings. The maximum atomic E-state index is 11.7. The molecule has 0 aliphatic rings. The molecule has 0 rings (SSSR count). The quantitative estimate of drug-likeness (QED) is 0.550. The van der Waals surface area contributed by atoms with Crippen molar-refractivity contribution in [3.05, 3.63) is 6.92 Å². The molecule has 1 radical (unpaired) electrons. The van der Waals surface area contributed by atoms with Crippen molar-refractivity contribution in [1.82, 2.24) is 0 Å². The van der Waals surface area contributed by atoms with Gasteiger partial charge in [-0.05, 0) is 6.42 Å². The molecule has 1 atom stereocenters. The van der Waals surface area contributed by atoms with Gasteiger partial charge in [-0.1, -0.05) is 6.92 Å². The summed E-state index contributed by atoms with van der Waals surface area (Å²) in [6.07, 6.45) is -1.28. The highest BCUT2D eigenvalue weighted by atomic mass is 19.2. The second-order valence-electron chi connectivity index (χ2n) is 1.29. The van der Waals surface area contributed by atoms with E-state index in [1.807, 2.05) is 0 Å². The van der Waals surface area contributed by atoms with Gasteiger partial charge in [0.1, 0.15) is 6.67 Å².